The van der Waals surface area contributed by atoms with Crippen LogP contribution >= 0.6 is 0 Å². The molecule has 2 amide bonds. The molecule has 0 saturated carbocycles. The molecule has 0 atom stereocenters. The summed E-state index contributed by atoms with van der Waals surface area (Å²) in [4.78, 5) is 26.2. The smallest absolute Gasteiger partial charge is 0.256 e. The van der Waals surface area contributed by atoms with Gasteiger partial charge in [0.05, 0.1) is 5.56 Å². The van der Waals surface area contributed by atoms with Crippen LogP contribution in [0, 0.1) is 30.3 Å². The van der Waals surface area contributed by atoms with Gasteiger partial charge in [-0.05, 0) is 43.0 Å². The van der Waals surface area contributed by atoms with Gasteiger partial charge in [0.1, 0.15) is 0 Å². The Labute approximate surface area is 161 Å². The number of carbonyl (C=O) groups excluding carboxylic acids is 2. The summed E-state index contributed by atoms with van der Waals surface area (Å²) >= 11 is 0. The van der Waals surface area contributed by atoms with Crippen LogP contribution < -0.4 is 5.32 Å². The second kappa shape index (κ2) is 8.46. The summed E-state index contributed by atoms with van der Waals surface area (Å²) in [5.41, 5.74) is 1.63. The minimum absolute atomic E-state index is 0.0886. The number of rotatable bonds is 4. The highest BCUT2D eigenvalue weighted by Gasteiger charge is 2.29. The van der Waals surface area contributed by atoms with Crippen LogP contribution in [0.4, 0.5) is 13.2 Å². The molecule has 0 radical (unpaired) electrons. The van der Waals surface area contributed by atoms with E-state index in [1.165, 1.54) is 4.90 Å². The molecule has 148 valence electrons. The standard InChI is InChI=1S/C21H21F3N2O2/c1-13-4-2-3-5-15(13)12-25-20(27)14-8-10-26(11-9-14)21(28)16-6-7-17(22)19(24)18(16)23/h2-7,14H,8-12H2,1H3,(H,25,27). The van der Waals surface area contributed by atoms with E-state index in [1.54, 1.807) is 0 Å². The molecule has 1 saturated heterocycles. The molecule has 4 nitrogen and oxygen atoms in total. The van der Waals surface area contributed by atoms with E-state index in [0.717, 1.165) is 23.3 Å². The topological polar surface area (TPSA) is 49.4 Å². The van der Waals surface area contributed by atoms with Gasteiger partial charge in [-0.25, -0.2) is 13.2 Å². The minimum atomic E-state index is -1.66. The van der Waals surface area contributed by atoms with Crippen LogP contribution in [-0.2, 0) is 11.3 Å². The third-order valence-corrected chi connectivity index (χ3v) is 5.13. The molecule has 0 aliphatic carbocycles. The van der Waals surface area contributed by atoms with Crippen molar-refractivity contribution in [2.45, 2.75) is 26.3 Å². The van der Waals surface area contributed by atoms with Crippen LogP contribution in [0.3, 0.4) is 0 Å². The van der Waals surface area contributed by atoms with Crippen molar-refractivity contribution in [1.29, 1.82) is 0 Å². The van der Waals surface area contributed by atoms with Crippen LogP contribution in [0.25, 0.3) is 0 Å². The number of aryl methyl sites for hydroxylation is 1. The van der Waals surface area contributed by atoms with Crippen LogP contribution in [0.2, 0.25) is 0 Å². The summed E-state index contributed by atoms with van der Waals surface area (Å²) in [6, 6.07) is 9.45. The predicted molar refractivity (Wildman–Crippen MR) is 98.0 cm³/mol. The molecule has 1 aliphatic rings. The third-order valence-electron chi connectivity index (χ3n) is 5.13. The zero-order valence-electron chi connectivity index (χ0n) is 15.5. The number of halogens is 3. The molecule has 1 heterocycles. The average Bonchev–Trinajstić information content (AvgIpc) is 2.71. The Morgan fingerprint density at radius 3 is 2.39 bits per heavy atom. The summed E-state index contributed by atoms with van der Waals surface area (Å²) in [6.45, 7) is 2.91. The van der Waals surface area contributed by atoms with Gasteiger partial charge in [0.2, 0.25) is 5.91 Å². The van der Waals surface area contributed by atoms with E-state index >= 15 is 0 Å². The number of benzene rings is 2. The Bertz CT molecular complexity index is 893. The van der Waals surface area contributed by atoms with E-state index in [2.05, 4.69) is 5.32 Å². The van der Waals surface area contributed by atoms with Crippen molar-refractivity contribution in [3.8, 4) is 0 Å². The van der Waals surface area contributed by atoms with E-state index in [9.17, 15) is 22.8 Å². The van der Waals surface area contributed by atoms with Gasteiger partial charge in [-0.2, -0.15) is 0 Å². The summed E-state index contributed by atoms with van der Waals surface area (Å²) in [5.74, 6) is -5.51. The van der Waals surface area contributed by atoms with Crippen molar-refractivity contribution < 1.29 is 22.8 Å². The van der Waals surface area contributed by atoms with Crippen molar-refractivity contribution in [2.24, 2.45) is 5.92 Å². The molecule has 0 spiro atoms. The summed E-state index contributed by atoms with van der Waals surface area (Å²) < 4.78 is 40.2. The lowest BCUT2D eigenvalue weighted by atomic mass is 9.95. The molecule has 1 fully saturated rings. The molecular weight excluding hydrogens is 369 g/mol. The predicted octanol–water partition coefficient (Wildman–Crippen LogP) is 3.58. The molecule has 2 aromatic carbocycles. The maximum atomic E-state index is 13.8. The summed E-state index contributed by atoms with van der Waals surface area (Å²) in [5, 5.41) is 2.91. The number of hydrogen-bond donors (Lipinski definition) is 1. The van der Waals surface area contributed by atoms with Crippen LogP contribution in [0.1, 0.15) is 34.3 Å². The van der Waals surface area contributed by atoms with Gasteiger partial charge in [0.25, 0.3) is 5.91 Å². The van der Waals surface area contributed by atoms with Crippen LogP contribution in [0.5, 0.6) is 0 Å². The van der Waals surface area contributed by atoms with Crippen molar-refractivity contribution in [2.75, 3.05) is 13.1 Å². The van der Waals surface area contributed by atoms with Gasteiger partial charge >= 0.3 is 0 Å². The zero-order valence-corrected chi connectivity index (χ0v) is 15.5. The zero-order chi connectivity index (χ0) is 20.3. The lowest BCUT2D eigenvalue weighted by Gasteiger charge is -2.31. The van der Waals surface area contributed by atoms with E-state index in [-0.39, 0.29) is 24.9 Å². The van der Waals surface area contributed by atoms with Crippen LogP contribution in [0.15, 0.2) is 36.4 Å². The van der Waals surface area contributed by atoms with Crippen molar-refractivity contribution in [1.82, 2.24) is 10.2 Å². The number of carbonyl (C=O) groups is 2. The van der Waals surface area contributed by atoms with Gasteiger partial charge < -0.3 is 10.2 Å². The SMILES string of the molecule is Cc1ccccc1CNC(=O)C1CCN(C(=O)c2ccc(F)c(F)c2F)CC1. The minimum Gasteiger partial charge on any atom is -0.352 e. The monoisotopic (exact) mass is 390 g/mol. The average molecular weight is 390 g/mol. The van der Waals surface area contributed by atoms with Gasteiger partial charge in [-0.15, -0.1) is 0 Å². The fourth-order valence-corrected chi connectivity index (χ4v) is 3.34. The highest BCUT2D eigenvalue weighted by molar-refractivity contribution is 5.94. The van der Waals surface area contributed by atoms with Crippen molar-refractivity contribution in [3.63, 3.8) is 0 Å². The molecule has 28 heavy (non-hydrogen) atoms. The van der Waals surface area contributed by atoms with Crippen molar-refractivity contribution in [3.05, 3.63) is 70.5 Å². The molecule has 0 bridgehead atoms. The molecule has 7 heteroatoms. The highest BCUT2D eigenvalue weighted by Crippen LogP contribution is 2.22. The maximum absolute atomic E-state index is 13.8. The summed E-state index contributed by atoms with van der Waals surface area (Å²) in [7, 11) is 0. The van der Waals surface area contributed by atoms with Gasteiger partial charge in [0.15, 0.2) is 17.5 Å². The number of nitrogens with zero attached hydrogens (tertiary/aromatic N) is 1. The molecule has 0 unspecified atom stereocenters. The first-order valence-electron chi connectivity index (χ1n) is 9.13. The van der Waals surface area contributed by atoms with E-state index in [0.29, 0.717) is 19.4 Å². The molecule has 1 N–H and O–H groups in total. The Balaban J connectivity index is 1.55. The Morgan fingerprint density at radius 2 is 1.71 bits per heavy atom. The van der Waals surface area contributed by atoms with Crippen LogP contribution in [-0.4, -0.2) is 29.8 Å². The number of likely N-dealkylation sites (tertiary alicyclic amines) is 1. The first kappa shape index (κ1) is 19.9. The van der Waals surface area contributed by atoms with E-state index < -0.39 is 28.9 Å². The fourth-order valence-electron chi connectivity index (χ4n) is 3.34. The Kier molecular flexibility index (Phi) is 6.02. The second-order valence-corrected chi connectivity index (χ2v) is 6.93. The molecule has 2 aromatic rings. The number of amides is 2. The van der Waals surface area contributed by atoms with Crippen molar-refractivity contribution >= 4 is 11.8 Å². The molecule has 1 aliphatic heterocycles. The van der Waals surface area contributed by atoms with Gasteiger partial charge in [0, 0.05) is 25.6 Å². The quantitative estimate of drug-likeness (QED) is 0.812. The molecular formula is C21H21F3N2O2. The fraction of sp³-hybridized carbons (Fsp3) is 0.333. The van der Waals surface area contributed by atoms with Gasteiger partial charge in [-0.1, -0.05) is 24.3 Å². The van der Waals surface area contributed by atoms with E-state index in [1.807, 2.05) is 31.2 Å². The number of hydrogen-bond acceptors (Lipinski definition) is 2. The molecule has 3 rings (SSSR count). The third kappa shape index (κ3) is 4.18. The largest absolute Gasteiger partial charge is 0.352 e. The lowest BCUT2D eigenvalue weighted by molar-refractivity contribution is -0.126. The first-order valence-corrected chi connectivity index (χ1v) is 9.13. The Morgan fingerprint density at radius 1 is 1.04 bits per heavy atom. The Hall–Kier alpha value is -2.83. The lowest BCUT2D eigenvalue weighted by Crippen LogP contribution is -2.43. The normalized spacial score (nSPS) is 14.8. The maximum Gasteiger partial charge on any atom is 0.256 e. The number of nitrogens with one attached hydrogen (secondary N) is 1. The first-order chi connectivity index (χ1) is 13.4. The highest BCUT2D eigenvalue weighted by atomic mass is 19.2. The summed E-state index contributed by atoms with van der Waals surface area (Å²) in [6.07, 6.45) is 0.854. The van der Waals surface area contributed by atoms with E-state index in [4.69, 9.17) is 0 Å². The number of piperidine rings is 1. The second-order valence-electron chi connectivity index (χ2n) is 6.93. The molecule has 0 aromatic heterocycles. The van der Waals surface area contributed by atoms with Gasteiger partial charge in [-0.3, -0.25) is 9.59 Å².